The van der Waals surface area contributed by atoms with E-state index in [4.69, 9.17) is 4.74 Å². The lowest BCUT2D eigenvalue weighted by molar-refractivity contribution is 0.0528. The summed E-state index contributed by atoms with van der Waals surface area (Å²) in [5.74, 6) is -0.479. The van der Waals surface area contributed by atoms with Crippen LogP contribution in [-0.4, -0.2) is 26.8 Å². The van der Waals surface area contributed by atoms with Gasteiger partial charge in [0.1, 0.15) is 5.56 Å². The summed E-state index contributed by atoms with van der Waals surface area (Å²) in [7, 11) is 1.62. The number of carbonyl (C=O) groups is 1. The van der Waals surface area contributed by atoms with Gasteiger partial charge in [-0.15, -0.1) is 0 Å². The summed E-state index contributed by atoms with van der Waals surface area (Å²) in [6, 6.07) is 7.16. The Balaban J connectivity index is 2.44. The van der Waals surface area contributed by atoms with Gasteiger partial charge in [-0.2, -0.15) is 5.10 Å². The van der Waals surface area contributed by atoms with E-state index in [9.17, 15) is 9.59 Å². The van der Waals surface area contributed by atoms with Crippen molar-refractivity contribution in [1.29, 1.82) is 0 Å². The van der Waals surface area contributed by atoms with E-state index in [-0.39, 0.29) is 17.7 Å². The van der Waals surface area contributed by atoms with Gasteiger partial charge in [-0.25, -0.2) is 9.31 Å². The third kappa shape index (κ3) is 1.61. The summed E-state index contributed by atoms with van der Waals surface area (Å²) < 4.78 is 8.00. The van der Waals surface area contributed by atoms with E-state index in [0.29, 0.717) is 16.6 Å². The molecule has 6 heteroatoms. The van der Waals surface area contributed by atoms with Gasteiger partial charge in [0.05, 0.1) is 23.7 Å². The van der Waals surface area contributed by atoms with Gasteiger partial charge in [-0.05, 0) is 19.1 Å². The quantitative estimate of drug-likeness (QED) is 0.660. The number of aromatic nitrogens is 3. The molecule has 20 heavy (non-hydrogen) atoms. The fraction of sp³-hybridized carbons (Fsp3) is 0.214. The highest BCUT2D eigenvalue weighted by atomic mass is 16.5. The fourth-order valence-electron chi connectivity index (χ4n) is 2.31. The minimum Gasteiger partial charge on any atom is -0.462 e. The van der Waals surface area contributed by atoms with Crippen molar-refractivity contribution in [2.45, 2.75) is 6.92 Å². The van der Waals surface area contributed by atoms with E-state index in [2.05, 4.69) is 5.10 Å². The van der Waals surface area contributed by atoms with Gasteiger partial charge in [-0.3, -0.25) is 9.36 Å². The minimum absolute atomic E-state index is 0.167. The monoisotopic (exact) mass is 271 g/mol. The molecule has 0 amide bonds. The highest BCUT2D eigenvalue weighted by Gasteiger charge is 2.19. The molecule has 0 bridgehead atoms. The molecule has 2 aromatic heterocycles. The molecule has 0 radical (unpaired) electrons. The molecule has 0 atom stereocenters. The number of rotatable bonds is 2. The average Bonchev–Trinajstić information content (AvgIpc) is 2.90. The van der Waals surface area contributed by atoms with Crippen molar-refractivity contribution < 1.29 is 9.53 Å². The minimum atomic E-state index is -0.479. The topological polar surface area (TPSA) is 65.6 Å². The van der Waals surface area contributed by atoms with Crippen molar-refractivity contribution in [1.82, 2.24) is 14.2 Å². The first-order valence-corrected chi connectivity index (χ1v) is 6.27. The van der Waals surface area contributed by atoms with Crippen molar-refractivity contribution in [2.75, 3.05) is 6.61 Å². The fourth-order valence-corrected chi connectivity index (χ4v) is 2.31. The summed E-state index contributed by atoms with van der Waals surface area (Å²) >= 11 is 0. The summed E-state index contributed by atoms with van der Waals surface area (Å²) in [5, 5.41) is 4.76. The van der Waals surface area contributed by atoms with E-state index in [0.717, 1.165) is 0 Å². The van der Waals surface area contributed by atoms with Gasteiger partial charge >= 0.3 is 5.97 Å². The molecule has 0 N–H and O–H groups in total. The molecule has 0 unspecified atom stereocenters. The van der Waals surface area contributed by atoms with Crippen molar-refractivity contribution in [3.8, 4) is 0 Å². The molecule has 0 aliphatic heterocycles. The van der Waals surface area contributed by atoms with Gasteiger partial charge in [0.2, 0.25) is 0 Å². The lowest BCUT2D eigenvalue weighted by Gasteiger charge is -2.07. The molecule has 0 aliphatic carbocycles. The third-order valence-electron chi connectivity index (χ3n) is 3.22. The number of hydrogen-bond donors (Lipinski definition) is 0. The van der Waals surface area contributed by atoms with E-state index in [1.54, 1.807) is 36.7 Å². The summed E-state index contributed by atoms with van der Waals surface area (Å²) in [4.78, 5) is 24.3. The van der Waals surface area contributed by atoms with Crippen molar-refractivity contribution in [2.24, 2.45) is 7.05 Å². The predicted molar refractivity (Wildman–Crippen MR) is 73.9 cm³/mol. The number of para-hydroxylation sites is 1. The lowest BCUT2D eigenvalue weighted by atomic mass is 10.2. The number of nitrogens with zero attached hydrogens (tertiary/aromatic N) is 3. The zero-order valence-electron chi connectivity index (χ0n) is 11.2. The van der Waals surface area contributed by atoms with Crippen LogP contribution in [0.2, 0.25) is 0 Å². The first-order chi connectivity index (χ1) is 9.65. The Morgan fingerprint density at radius 2 is 2.10 bits per heavy atom. The van der Waals surface area contributed by atoms with Crippen LogP contribution in [0.4, 0.5) is 0 Å². The maximum absolute atomic E-state index is 12.3. The zero-order chi connectivity index (χ0) is 14.3. The van der Waals surface area contributed by atoms with Gasteiger partial charge < -0.3 is 4.74 Å². The molecule has 6 nitrogen and oxygen atoms in total. The van der Waals surface area contributed by atoms with Crippen molar-refractivity contribution >= 4 is 22.5 Å². The van der Waals surface area contributed by atoms with Crippen molar-refractivity contribution in [3.63, 3.8) is 0 Å². The Morgan fingerprint density at radius 3 is 2.85 bits per heavy atom. The molecule has 2 heterocycles. The van der Waals surface area contributed by atoms with E-state index in [1.165, 1.54) is 10.8 Å². The molecule has 0 fully saturated rings. The second-order valence-electron chi connectivity index (χ2n) is 4.40. The number of carbonyl (C=O) groups excluding carboxylic acids is 1. The third-order valence-corrected chi connectivity index (χ3v) is 3.22. The second-order valence-corrected chi connectivity index (χ2v) is 4.40. The zero-order valence-corrected chi connectivity index (χ0v) is 11.2. The largest absolute Gasteiger partial charge is 0.462 e. The van der Waals surface area contributed by atoms with Gasteiger partial charge in [-0.1, -0.05) is 12.1 Å². The number of benzene rings is 1. The maximum atomic E-state index is 12.3. The molecular weight excluding hydrogens is 258 g/mol. The molecular formula is C14H13N3O3. The number of fused-ring (bicyclic) bond motifs is 3. The summed E-state index contributed by atoms with van der Waals surface area (Å²) in [6.07, 6.45) is 1.43. The Kier molecular flexibility index (Phi) is 2.78. The Bertz CT molecular complexity index is 876. The van der Waals surface area contributed by atoms with Crippen LogP contribution >= 0.6 is 0 Å². The Labute approximate surface area is 114 Å². The predicted octanol–water partition coefficient (Wildman–Crippen LogP) is 1.36. The molecule has 3 rings (SSSR count). The van der Waals surface area contributed by atoms with Crippen LogP contribution in [0.15, 0.2) is 35.3 Å². The van der Waals surface area contributed by atoms with Crippen LogP contribution in [0.25, 0.3) is 16.6 Å². The molecule has 0 saturated heterocycles. The van der Waals surface area contributed by atoms with E-state index >= 15 is 0 Å². The maximum Gasteiger partial charge on any atom is 0.343 e. The Morgan fingerprint density at radius 1 is 1.35 bits per heavy atom. The molecule has 0 aliphatic rings. The number of ether oxygens (including phenoxy) is 1. The first-order valence-electron chi connectivity index (χ1n) is 6.27. The molecule has 102 valence electrons. The second kappa shape index (κ2) is 4.48. The van der Waals surface area contributed by atoms with Crippen LogP contribution < -0.4 is 5.56 Å². The first kappa shape index (κ1) is 12.4. The SMILES string of the molecule is CCOC(=O)c1cnn2c3ccccc3c(=O)n(C)c12. The highest BCUT2D eigenvalue weighted by Crippen LogP contribution is 2.16. The number of esters is 1. The van der Waals surface area contributed by atoms with Gasteiger partial charge in [0, 0.05) is 7.05 Å². The van der Waals surface area contributed by atoms with Gasteiger partial charge in [0.25, 0.3) is 5.56 Å². The van der Waals surface area contributed by atoms with E-state index in [1.807, 2.05) is 6.07 Å². The summed E-state index contributed by atoms with van der Waals surface area (Å²) in [5.41, 5.74) is 1.23. The Hall–Kier alpha value is -2.63. The molecule has 0 spiro atoms. The number of aryl methyl sites for hydroxylation is 1. The summed E-state index contributed by atoms with van der Waals surface area (Å²) in [6.45, 7) is 2.01. The molecule has 1 aromatic carbocycles. The van der Waals surface area contributed by atoms with E-state index < -0.39 is 5.97 Å². The van der Waals surface area contributed by atoms with Crippen LogP contribution in [0.5, 0.6) is 0 Å². The highest BCUT2D eigenvalue weighted by molar-refractivity contribution is 5.97. The smallest absolute Gasteiger partial charge is 0.343 e. The van der Waals surface area contributed by atoms with Crippen LogP contribution in [0, 0.1) is 0 Å². The molecule has 3 aromatic rings. The van der Waals surface area contributed by atoms with Crippen LogP contribution in [0.1, 0.15) is 17.3 Å². The average molecular weight is 271 g/mol. The van der Waals surface area contributed by atoms with Crippen LogP contribution in [0.3, 0.4) is 0 Å². The standard InChI is InChI=1S/C14H13N3O3/c1-3-20-14(19)10-8-15-17-11-7-5-4-6-9(11)13(18)16(2)12(10)17/h4-8H,3H2,1-2H3. The normalized spacial score (nSPS) is 11.1. The van der Waals surface area contributed by atoms with Crippen LogP contribution in [-0.2, 0) is 11.8 Å². The van der Waals surface area contributed by atoms with Gasteiger partial charge in [0.15, 0.2) is 5.65 Å². The molecule has 0 saturated carbocycles. The lowest BCUT2D eigenvalue weighted by Crippen LogP contribution is -2.21. The van der Waals surface area contributed by atoms with Crippen molar-refractivity contribution in [3.05, 3.63) is 46.4 Å². The number of hydrogen-bond acceptors (Lipinski definition) is 4.